The molecule has 0 saturated heterocycles. The SMILES string of the molecule is NCc1c(Cl)cccc1Oc1nccc2ccccc12. The number of hydrogen-bond acceptors (Lipinski definition) is 3. The van der Waals surface area contributed by atoms with Crippen molar-refractivity contribution in [2.75, 3.05) is 0 Å². The molecule has 4 heteroatoms. The number of fused-ring (bicyclic) bond motifs is 1. The minimum Gasteiger partial charge on any atom is -0.438 e. The van der Waals surface area contributed by atoms with E-state index in [0.29, 0.717) is 23.2 Å². The molecule has 0 radical (unpaired) electrons. The molecule has 0 saturated carbocycles. The smallest absolute Gasteiger partial charge is 0.227 e. The molecule has 0 bridgehead atoms. The van der Waals surface area contributed by atoms with E-state index in [-0.39, 0.29) is 0 Å². The Labute approximate surface area is 122 Å². The van der Waals surface area contributed by atoms with Gasteiger partial charge in [0.05, 0.1) is 0 Å². The predicted molar refractivity (Wildman–Crippen MR) is 81.2 cm³/mol. The Hall–Kier alpha value is -2.10. The van der Waals surface area contributed by atoms with Gasteiger partial charge in [0.2, 0.25) is 5.88 Å². The fourth-order valence-corrected chi connectivity index (χ4v) is 2.35. The zero-order valence-electron chi connectivity index (χ0n) is 10.7. The molecule has 2 N–H and O–H groups in total. The minimum absolute atomic E-state index is 0.319. The Balaban J connectivity index is 2.08. The van der Waals surface area contributed by atoms with Crippen LogP contribution < -0.4 is 10.5 Å². The Kier molecular flexibility index (Phi) is 3.54. The standard InChI is InChI=1S/C16H13ClN2O/c17-14-6-3-7-15(13(14)10-18)20-16-12-5-2-1-4-11(12)8-9-19-16/h1-9H,10,18H2. The molecule has 2 aromatic carbocycles. The maximum atomic E-state index is 6.13. The van der Waals surface area contributed by atoms with Crippen molar-refractivity contribution in [3.8, 4) is 11.6 Å². The number of rotatable bonds is 3. The van der Waals surface area contributed by atoms with Crippen molar-refractivity contribution < 1.29 is 4.74 Å². The largest absolute Gasteiger partial charge is 0.438 e. The van der Waals surface area contributed by atoms with E-state index < -0.39 is 0 Å². The quantitative estimate of drug-likeness (QED) is 0.786. The zero-order chi connectivity index (χ0) is 13.9. The minimum atomic E-state index is 0.319. The highest BCUT2D eigenvalue weighted by molar-refractivity contribution is 6.31. The van der Waals surface area contributed by atoms with Crippen molar-refractivity contribution in [3.05, 3.63) is 65.3 Å². The predicted octanol–water partition coefficient (Wildman–Crippen LogP) is 4.14. The molecule has 0 amide bonds. The van der Waals surface area contributed by atoms with Gasteiger partial charge in [-0.1, -0.05) is 35.9 Å². The second kappa shape index (κ2) is 5.49. The molecule has 100 valence electrons. The highest BCUT2D eigenvalue weighted by Crippen LogP contribution is 2.32. The van der Waals surface area contributed by atoms with Gasteiger partial charge in [-0.15, -0.1) is 0 Å². The van der Waals surface area contributed by atoms with Crippen LogP contribution in [-0.4, -0.2) is 4.98 Å². The maximum absolute atomic E-state index is 6.13. The van der Waals surface area contributed by atoms with E-state index in [9.17, 15) is 0 Å². The molecule has 0 fully saturated rings. The summed E-state index contributed by atoms with van der Waals surface area (Å²) >= 11 is 6.13. The van der Waals surface area contributed by atoms with Crippen LogP contribution in [0.1, 0.15) is 5.56 Å². The number of nitrogens with two attached hydrogens (primary N) is 1. The first kappa shape index (κ1) is 12.9. The van der Waals surface area contributed by atoms with Crippen LogP contribution in [0.15, 0.2) is 54.7 Å². The molecule has 0 aliphatic rings. The third-order valence-electron chi connectivity index (χ3n) is 3.12. The third kappa shape index (κ3) is 2.33. The van der Waals surface area contributed by atoms with E-state index in [1.807, 2.05) is 42.5 Å². The summed E-state index contributed by atoms with van der Waals surface area (Å²) in [7, 11) is 0. The molecule has 1 aromatic heterocycles. The van der Waals surface area contributed by atoms with Gasteiger partial charge in [0.1, 0.15) is 5.75 Å². The van der Waals surface area contributed by atoms with Crippen LogP contribution in [0, 0.1) is 0 Å². The van der Waals surface area contributed by atoms with Crippen molar-refractivity contribution in [1.82, 2.24) is 4.98 Å². The summed E-state index contributed by atoms with van der Waals surface area (Å²) in [6.45, 7) is 0.319. The topological polar surface area (TPSA) is 48.1 Å². The number of benzene rings is 2. The molecule has 3 aromatic rings. The van der Waals surface area contributed by atoms with Crippen LogP contribution in [0.2, 0.25) is 5.02 Å². The van der Waals surface area contributed by atoms with E-state index in [0.717, 1.165) is 16.3 Å². The lowest BCUT2D eigenvalue weighted by Gasteiger charge is -2.12. The van der Waals surface area contributed by atoms with E-state index in [1.54, 1.807) is 12.3 Å². The Morgan fingerprint density at radius 2 is 1.90 bits per heavy atom. The molecule has 1 heterocycles. The number of hydrogen-bond donors (Lipinski definition) is 1. The van der Waals surface area contributed by atoms with Crippen molar-refractivity contribution in [3.63, 3.8) is 0 Å². The molecule has 0 unspecified atom stereocenters. The first-order valence-corrected chi connectivity index (χ1v) is 6.66. The summed E-state index contributed by atoms with van der Waals surface area (Å²) in [5.41, 5.74) is 6.51. The van der Waals surface area contributed by atoms with Gasteiger partial charge in [0, 0.05) is 28.7 Å². The van der Waals surface area contributed by atoms with Gasteiger partial charge in [0.25, 0.3) is 0 Å². The van der Waals surface area contributed by atoms with Crippen LogP contribution in [-0.2, 0) is 6.54 Å². The van der Waals surface area contributed by atoms with Crippen LogP contribution in [0.5, 0.6) is 11.6 Å². The zero-order valence-corrected chi connectivity index (χ0v) is 11.5. The Morgan fingerprint density at radius 3 is 2.75 bits per heavy atom. The van der Waals surface area contributed by atoms with Gasteiger partial charge < -0.3 is 10.5 Å². The van der Waals surface area contributed by atoms with Gasteiger partial charge in [-0.05, 0) is 29.7 Å². The molecule has 0 atom stereocenters. The summed E-state index contributed by atoms with van der Waals surface area (Å²) in [5, 5.41) is 2.64. The van der Waals surface area contributed by atoms with E-state index in [4.69, 9.17) is 22.1 Å². The number of ether oxygens (including phenoxy) is 1. The van der Waals surface area contributed by atoms with Crippen molar-refractivity contribution in [2.45, 2.75) is 6.54 Å². The van der Waals surface area contributed by atoms with Gasteiger partial charge in [-0.2, -0.15) is 0 Å². The summed E-state index contributed by atoms with van der Waals surface area (Å²) in [6, 6.07) is 15.4. The molecule has 3 nitrogen and oxygen atoms in total. The van der Waals surface area contributed by atoms with Crippen molar-refractivity contribution in [2.24, 2.45) is 5.73 Å². The molecule has 0 spiro atoms. The summed E-state index contributed by atoms with van der Waals surface area (Å²) in [6.07, 6.45) is 1.73. The van der Waals surface area contributed by atoms with Crippen LogP contribution in [0.4, 0.5) is 0 Å². The summed E-state index contributed by atoms with van der Waals surface area (Å²) < 4.78 is 5.92. The average molecular weight is 285 g/mol. The number of aromatic nitrogens is 1. The van der Waals surface area contributed by atoms with E-state index >= 15 is 0 Å². The summed E-state index contributed by atoms with van der Waals surface area (Å²) in [5.74, 6) is 1.20. The van der Waals surface area contributed by atoms with Crippen molar-refractivity contribution in [1.29, 1.82) is 0 Å². The Bertz CT molecular complexity index is 753. The first-order chi connectivity index (χ1) is 9.79. The van der Waals surface area contributed by atoms with Gasteiger partial charge in [-0.25, -0.2) is 4.98 Å². The fraction of sp³-hybridized carbons (Fsp3) is 0.0625. The van der Waals surface area contributed by atoms with E-state index in [2.05, 4.69) is 4.98 Å². The average Bonchev–Trinajstić information content (AvgIpc) is 2.48. The fourth-order valence-electron chi connectivity index (χ4n) is 2.11. The van der Waals surface area contributed by atoms with Crippen LogP contribution in [0.25, 0.3) is 10.8 Å². The number of halogens is 1. The molecular weight excluding hydrogens is 272 g/mol. The second-order valence-corrected chi connectivity index (χ2v) is 4.77. The highest BCUT2D eigenvalue weighted by Gasteiger charge is 2.10. The molecule has 3 rings (SSSR count). The number of pyridine rings is 1. The maximum Gasteiger partial charge on any atom is 0.227 e. The Morgan fingerprint density at radius 1 is 1.05 bits per heavy atom. The monoisotopic (exact) mass is 284 g/mol. The lowest BCUT2D eigenvalue weighted by molar-refractivity contribution is 0.463. The van der Waals surface area contributed by atoms with Gasteiger partial charge in [0.15, 0.2) is 0 Å². The number of nitrogens with zero attached hydrogens (tertiary/aromatic N) is 1. The van der Waals surface area contributed by atoms with Crippen LogP contribution >= 0.6 is 11.6 Å². The lowest BCUT2D eigenvalue weighted by atomic mass is 10.1. The third-order valence-corrected chi connectivity index (χ3v) is 3.48. The normalized spacial score (nSPS) is 10.7. The van der Waals surface area contributed by atoms with Crippen molar-refractivity contribution >= 4 is 22.4 Å². The molecule has 0 aliphatic heterocycles. The van der Waals surface area contributed by atoms with Gasteiger partial charge in [-0.3, -0.25) is 0 Å². The summed E-state index contributed by atoms with van der Waals surface area (Å²) in [4.78, 5) is 4.30. The van der Waals surface area contributed by atoms with Crippen LogP contribution in [0.3, 0.4) is 0 Å². The first-order valence-electron chi connectivity index (χ1n) is 6.28. The lowest BCUT2D eigenvalue weighted by Crippen LogP contribution is -2.01. The van der Waals surface area contributed by atoms with Gasteiger partial charge >= 0.3 is 0 Å². The molecular formula is C16H13ClN2O. The molecule has 20 heavy (non-hydrogen) atoms. The second-order valence-electron chi connectivity index (χ2n) is 4.36. The molecule has 0 aliphatic carbocycles. The highest BCUT2D eigenvalue weighted by atomic mass is 35.5. The van der Waals surface area contributed by atoms with E-state index in [1.165, 1.54) is 0 Å².